The van der Waals surface area contributed by atoms with Gasteiger partial charge in [-0.15, -0.1) is 10.2 Å². The summed E-state index contributed by atoms with van der Waals surface area (Å²) in [4.78, 5) is 18.9. The number of methoxy groups -OCH3 is 2. The zero-order valence-corrected chi connectivity index (χ0v) is 17.8. The first kappa shape index (κ1) is 20.0. The van der Waals surface area contributed by atoms with Crippen LogP contribution < -0.4 is 19.1 Å². The number of benzene rings is 2. The molecular formula is C21H20N4O4S. The summed E-state index contributed by atoms with van der Waals surface area (Å²) >= 11 is 1.36. The summed E-state index contributed by atoms with van der Waals surface area (Å²) in [6.45, 7) is 1.49. The minimum absolute atomic E-state index is 0.205. The van der Waals surface area contributed by atoms with Crippen molar-refractivity contribution in [2.75, 3.05) is 25.4 Å². The molecule has 2 heterocycles. The number of aromatic nitrogens is 3. The van der Waals surface area contributed by atoms with Crippen molar-refractivity contribution in [1.82, 2.24) is 15.2 Å². The molecule has 0 N–H and O–H groups in total. The van der Waals surface area contributed by atoms with Crippen LogP contribution in [0.2, 0.25) is 0 Å². The topological polar surface area (TPSA) is 86.7 Å². The van der Waals surface area contributed by atoms with Crippen LogP contribution in [0, 0.1) is 0 Å². The summed E-state index contributed by atoms with van der Waals surface area (Å²) in [5.74, 6) is 1.10. The Hall–Kier alpha value is -3.33. The Morgan fingerprint density at radius 3 is 2.60 bits per heavy atom. The predicted octanol–water partition coefficient (Wildman–Crippen LogP) is 3.72. The Morgan fingerprint density at radius 1 is 1.10 bits per heavy atom. The van der Waals surface area contributed by atoms with Gasteiger partial charge in [0.05, 0.1) is 25.5 Å². The predicted molar refractivity (Wildman–Crippen MR) is 113 cm³/mol. The van der Waals surface area contributed by atoms with Gasteiger partial charge in [-0.05, 0) is 24.5 Å². The number of anilines is 1. The smallest absolute Gasteiger partial charge is 0.247 e. The van der Waals surface area contributed by atoms with E-state index in [9.17, 15) is 4.79 Å². The highest BCUT2D eigenvalue weighted by Crippen LogP contribution is 2.46. The van der Waals surface area contributed by atoms with E-state index in [2.05, 4.69) is 15.2 Å². The normalized spacial score (nSPS) is 14.8. The van der Waals surface area contributed by atoms with Crippen molar-refractivity contribution in [3.63, 3.8) is 0 Å². The van der Waals surface area contributed by atoms with E-state index in [1.165, 1.54) is 18.7 Å². The number of fused-ring (bicyclic) bond motifs is 3. The van der Waals surface area contributed by atoms with E-state index in [-0.39, 0.29) is 5.91 Å². The molecule has 9 heteroatoms. The molecule has 0 fully saturated rings. The van der Waals surface area contributed by atoms with E-state index >= 15 is 0 Å². The molecule has 154 valence electrons. The first-order valence-corrected chi connectivity index (χ1v) is 10.4. The number of ether oxygens (including phenoxy) is 3. The summed E-state index contributed by atoms with van der Waals surface area (Å²) in [7, 11) is 3.11. The van der Waals surface area contributed by atoms with Gasteiger partial charge in [0.15, 0.2) is 17.2 Å². The maximum absolute atomic E-state index is 12.8. The average molecular weight is 424 g/mol. The fourth-order valence-electron chi connectivity index (χ4n) is 3.45. The van der Waals surface area contributed by atoms with Crippen molar-refractivity contribution >= 4 is 23.4 Å². The Balaban J connectivity index is 2.00. The molecule has 1 aliphatic heterocycles. The van der Waals surface area contributed by atoms with Crippen molar-refractivity contribution in [2.24, 2.45) is 0 Å². The molecule has 8 nitrogen and oxygen atoms in total. The number of hydrogen-bond acceptors (Lipinski definition) is 8. The van der Waals surface area contributed by atoms with Gasteiger partial charge in [0.1, 0.15) is 0 Å². The second kappa shape index (κ2) is 8.19. The van der Waals surface area contributed by atoms with E-state index in [0.29, 0.717) is 45.0 Å². The fraction of sp³-hybridized carbons (Fsp3) is 0.238. The number of nitrogens with zero attached hydrogens (tertiary/aromatic N) is 4. The molecule has 1 amide bonds. The van der Waals surface area contributed by atoms with E-state index < -0.39 is 6.23 Å². The maximum atomic E-state index is 12.8. The number of hydrogen-bond donors (Lipinski definition) is 0. The molecule has 0 saturated carbocycles. The molecule has 0 spiro atoms. The SMILES string of the molecule is COc1cccc(C2Oc3nc(SC)nnc3-c3ccccc3N2C(C)=O)c1OC. The number of carbonyl (C=O) groups is 1. The Morgan fingerprint density at radius 2 is 1.90 bits per heavy atom. The van der Waals surface area contributed by atoms with Crippen molar-refractivity contribution in [3.05, 3.63) is 48.0 Å². The quantitative estimate of drug-likeness (QED) is 0.586. The summed E-state index contributed by atoms with van der Waals surface area (Å²) in [6.07, 6.45) is 1.01. The molecule has 3 aromatic rings. The lowest BCUT2D eigenvalue weighted by molar-refractivity contribution is -0.118. The van der Waals surface area contributed by atoms with Crippen molar-refractivity contribution in [3.8, 4) is 28.6 Å². The van der Waals surface area contributed by atoms with Crippen LogP contribution in [0.4, 0.5) is 5.69 Å². The number of thioether (sulfide) groups is 1. The highest BCUT2D eigenvalue weighted by Gasteiger charge is 2.36. The van der Waals surface area contributed by atoms with Gasteiger partial charge in [-0.1, -0.05) is 36.0 Å². The Labute approximate surface area is 178 Å². The lowest BCUT2D eigenvalue weighted by Crippen LogP contribution is -2.36. The second-order valence-corrected chi connectivity index (χ2v) is 7.18. The number of para-hydroxylation sites is 2. The third-order valence-corrected chi connectivity index (χ3v) is 5.27. The summed E-state index contributed by atoms with van der Waals surface area (Å²) in [5, 5.41) is 8.96. The molecule has 1 aliphatic rings. The van der Waals surface area contributed by atoms with Gasteiger partial charge >= 0.3 is 0 Å². The van der Waals surface area contributed by atoms with Gasteiger partial charge in [-0.2, -0.15) is 4.98 Å². The van der Waals surface area contributed by atoms with Gasteiger partial charge in [0.25, 0.3) is 0 Å². The zero-order valence-electron chi connectivity index (χ0n) is 16.9. The molecule has 2 aromatic carbocycles. The number of carbonyl (C=O) groups excluding carboxylic acids is 1. The van der Waals surface area contributed by atoms with Crippen LogP contribution >= 0.6 is 11.8 Å². The Kier molecular flexibility index (Phi) is 5.45. The van der Waals surface area contributed by atoms with Gasteiger partial charge in [-0.3, -0.25) is 9.69 Å². The summed E-state index contributed by atoms with van der Waals surface area (Å²) in [5.41, 5.74) is 2.45. The average Bonchev–Trinajstić information content (AvgIpc) is 2.92. The standard InChI is InChI=1S/C21H20N4O4S/c1-12(26)25-15-10-6-5-8-13(15)17-19(22-21(30-4)24-23-17)29-20(25)14-9-7-11-16(27-2)18(14)28-3/h5-11,20H,1-4H3. The maximum Gasteiger partial charge on any atom is 0.247 e. The van der Waals surface area contributed by atoms with Gasteiger partial charge in [0, 0.05) is 12.5 Å². The van der Waals surface area contributed by atoms with Crippen LogP contribution in [-0.2, 0) is 4.79 Å². The first-order valence-electron chi connectivity index (χ1n) is 9.14. The minimum Gasteiger partial charge on any atom is -0.493 e. The largest absolute Gasteiger partial charge is 0.493 e. The molecular weight excluding hydrogens is 404 g/mol. The van der Waals surface area contributed by atoms with E-state index in [1.807, 2.05) is 42.7 Å². The minimum atomic E-state index is -0.846. The van der Waals surface area contributed by atoms with Gasteiger partial charge < -0.3 is 14.2 Å². The zero-order chi connectivity index (χ0) is 21.3. The monoisotopic (exact) mass is 424 g/mol. The lowest BCUT2D eigenvalue weighted by Gasteiger charge is -2.31. The van der Waals surface area contributed by atoms with Crippen molar-refractivity contribution in [1.29, 1.82) is 0 Å². The third-order valence-electron chi connectivity index (χ3n) is 4.73. The molecule has 30 heavy (non-hydrogen) atoms. The van der Waals surface area contributed by atoms with Crippen LogP contribution in [0.25, 0.3) is 11.3 Å². The molecule has 4 rings (SSSR count). The Bertz CT molecular complexity index is 1110. The van der Waals surface area contributed by atoms with Crippen LogP contribution in [0.3, 0.4) is 0 Å². The third kappa shape index (κ3) is 3.30. The molecule has 1 atom stereocenters. The molecule has 0 aliphatic carbocycles. The van der Waals surface area contributed by atoms with Crippen LogP contribution in [0.1, 0.15) is 18.7 Å². The van der Waals surface area contributed by atoms with E-state index in [1.54, 1.807) is 25.2 Å². The van der Waals surface area contributed by atoms with E-state index in [4.69, 9.17) is 14.2 Å². The van der Waals surface area contributed by atoms with E-state index in [0.717, 1.165) is 0 Å². The molecule has 0 bridgehead atoms. The molecule has 1 aromatic heterocycles. The highest BCUT2D eigenvalue weighted by molar-refractivity contribution is 7.98. The van der Waals surface area contributed by atoms with Gasteiger partial charge in [0.2, 0.25) is 23.2 Å². The van der Waals surface area contributed by atoms with Crippen LogP contribution in [0.15, 0.2) is 47.6 Å². The summed E-state index contributed by atoms with van der Waals surface area (Å²) < 4.78 is 17.4. The van der Waals surface area contributed by atoms with Crippen LogP contribution in [0.5, 0.6) is 17.4 Å². The fourth-order valence-corrected chi connectivity index (χ4v) is 3.74. The molecule has 0 radical (unpaired) electrons. The van der Waals surface area contributed by atoms with Gasteiger partial charge in [-0.25, -0.2) is 0 Å². The molecule has 1 unspecified atom stereocenters. The van der Waals surface area contributed by atoms with Crippen LogP contribution in [-0.4, -0.2) is 41.6 Å². The second-order valence-electron chi connectivity index (χ2n) is 6.41. The number of rotatable bonds is 4. The highest BCUT2D eigenvalue weighted by atomic mass is 32.2. The summed E-state index contributed by atoms with van der Waals surface area (Å²) in [6, 6.07) is 12.9. The van der Waals surface area contributed by atoms with Crippen molar-refractivity contribution < 1.29 is 19.0 Å². The first-order chi connectivity index (χ1) is 14.6. The van der Waals surface area contributed by atoms with Crippen molar-refractivity contribution in [2.45, 2.75) is 18.3 Å². The lowest BCUT2D eigenvalue weighted by atomic mass is 10.1. The molecule has 0 saturated heterocycles. The number of amides is 1.